The number of nitrogens with one attached hydrogen (secondary N) is 1. The van der Waals surface area contributed by atoms with Crippen LogP contribution in [0.2, 0.25) is 0 Å². The summed E-state index contributed by atoms with van der Waals surface area (Å²) in [6.07, 6.45) is 0.0469. The molecule has 1 N–H and O–H groups in total. The number of rotatable bonds is 5. The predicted octanol–water partition coefficient (Wildman–Crippen LogP) is 2.86. The Bertz CT molecular complexity index is 714. The molecule has 0 saturated heterocycles. The van der Waals surface area contributed by atoms with Crippen molar-refractivity contribution in [2.75, 3.05) is 6.61 Å². The second-order valence-corrected chi connectivity index (χ2v) is 6.46. The molecule has 1 aliphatic heterocycles. The van der Waals surface area contributed by atoms with E-state index >= 15 is 0 Å². The lowest BCUT2D eigenvalue weighted by atomic mass is 10.0. The highest BCUT2D eigenvalue weighted by Crippen LogP contribution is 2.31. The van der Waals surface area contributed by atoms with E-state index in [0.717, 1.165) is 16.9 Å². The van der Waals surface area contributed by atoms with Gasteiger partial charge in [-0.05, 0) is 35.4 Å². The number of ether oxygens (including phenoxy) is 2. The number of carbonyl (C=O) groups excluding carboxylic acids is 2. The molecule has 0 bridgehead atoms. The Balaban J connectivity index is 1.56. The number of benzene rings is 1. The molecule has 2 unspecified atom stereocenters. The van der Waals surface area contributed by atoms with Gasteiger partial charge in [-0.1, -0.05) is 18.2 Å². The van der Waals surface area contributed by atoms with Crippen molar-refractivity contribution in [1.29, 1.82) is 0 Å². The lowest BCUT2D eigenvalue weighted by Crippen LogP contribution is -2.39. The Kier molecular flexibility index (Phi) is 5.15. The number of para-hydroxylation sites is 1. The second kappa shape index (κ2) is 7.49. The van der Waals surface area contributed by atoms with Crippen LogP contribution in [0.25, 0.3) is 0 Å². The third kappa shape index (κ3) is 3.94. The smallest absolute Gasteiger partial charge is 0.311 e. The fraction of sp³-hybridized carbons (Fsp3) is 0.333. The summed E-state index contributed by atoms with van der Waals surface area (Å²) >= 11 is 1.52. The molecule has 2 atom stereocenters. The molecule has 1 aliphatic rings. The van der Waals surface area contributed by atoms with Gasteiger partial charge in [-0.2, -0.15) is 11.3 Å². The van der Waals surface area contributed by atoms with Gasteiger partial charge in [0.15, 0.2) is 6.10 Å². The van der Waals surface area contributed by atoms with Gasteiger partial charge < -0.3 is 14.8 Å². The Morgan fingerprint density at radius 2 is 2.21 bits per heavy atom. The molecule has 24 heavy (non-hydrogen) atoms. The first kappa shape index (κ1) is 16.5. The van der Waals surface area contributed by atoms with Gasteiger partial charge in [0.1, 0.15) is 5.75 Å². The minimum Gasteiger partial charge on any atom is -0.493 e. The second-order valence-electron chi connectivity index (χ2n) is 5.68. The zero-order chi connectivity index (χ0) is 16.9. The molecular formula is C18H19NO4S. The monoisotopic (exact) mass is 345 g/mol. The summed E-state index contributed by atoms with van der Waals surface area (Å²) in [4.78, 5) is 24.2. The lowest BCUT2D eigenvalue weighted by molar-refractivity contribution is -0.154. The largest absolute Gasteiger partial charge is 0.493 e. The molecule has 0 fully saturated rings. The van der Waals surface area contributed by atoms with E-state index in [-0.39, 0.29) is 18.4 Å². The summed E-state index contributed by atoms with van der Waals surface area (Å²) in [7, 11) is 0. The van der Waals surface area contributed by atoms with Crippen molar-refractivity contribution in [3.8, 4) is 5.75 Å². The van der Waals surface area contributed by atoms with Gasteiger partial charge >= 0.3 is 5.97 Å². The zero-order valence-corrected chi connectivity index (χ0v) is 14.2. The zero-order valence-electron chi connectivity index (χ0n) is 13.4. The maximum Gasteiger partial charge on any atom is 0.311 e. The number of thiophene rings is 1. The molecule has 0 radical (unpaired) electrons. The minimum absolute atomic E-state index is 0.125. The standard InChI is InChI=1S/C18H19NO4S/c1-12(23-17(20)10-13-7-9-24-11-13)18(21)19-15-6-8-22-16-5-3-2-4-14(15)16/h2-5,7,9,11-12,15H,6,8,10H2,1H3,(H,19,21). The van der Waals surface area contributed by atoms with Gasteiger partial charge in [-0.25, -0.2) is 0 Å². The molecule has 126 valence electrons. The number of fused-ring (bicyclic) bond motifs is 1. The van der Waals surface area contributed by atoms with Crippen LogP contribution in [-0.2, 0) is 20.7 Å². The fourth-order valence-electron chi connectivity index (χ4n) is 2.63. The quantitative estimate of drug-likeness (QED) is 0.847. The van der Waals surface area contributed by atoms with Crippen LogP contribution < -0.4 is 10.1 Å². The normalized spacial score (nSPS) is 17.3. The van der Waals surface area contributed by atoms with Crippen LogP contribution in [0, 0.1) is 0 Å². The predicted molar refractivity (Wildman–Crippen MR) is 91.0 cm³/mol. The molecule has 0 spiro atoms. The van der Waals surface area contributed by atoms with Gasteiger partial charge in [-0.15, -0.1) is 0 Å². The van der Waals surface area contributed by atoms with E-state index in [2.05, 4.69) is 5.32 Å². The number of esters is 1. The average molecular weight is 345 g/mol. The molecule has 1 amide bonds. The molecule has 6 heteroatoms. The highest BCUT2D eigenvalue weighted by atomic mass is 32.1. The summed E-state index contributed by atoms with van der Waals surface area (Å²) in [5.41, 5.74) is 1.85. The topological polar surface area (TPSA) is 64.6 Å². The van der Waals surface area contributed by atoms with Crippen molar-refractivity contribution in [1.82, 2.24) is 5.32 Å². The number of amides is 1. The van der Waals surface area contributed by atoms with Crippen LogP contribution in [0.1, 0.15) is 30.5 Å². The average Bonchev–Trinajstić information content (AvgIpc) is 3.08. The molecular weight excluding hydrogens is 326 g/mol. The third-order valence-electron chi connectivity index (χ3n) is 3.88. The van der Waals surface area contributed by atoms with Crippen molar-refractivity contribution in [3.63, 3.8) is 0 Å². The molecule has 3 rings (SSSR count). The van der Waals surface area contributed by atoms with E-state index in [4.69, 9.17) is 9.47 Å². The highest BCUT2D eigenvalue weighted by molar-refractivity contribution is 7.07. The van der Waals surface area contributed by atoms with Crippen molar-refractivity contribution >= 4 is 23.2 Å². The molecule has 0 saturated carbocycles. The van der Waals surface area contributed by atoms with Gasteiger partial charge in [0.2, 0.25) is 0 Å². The summed E-state index contributed by atoms with van der Waals surface area (Å²) in [5.74, 6) is 0.0926. The first-order valence-electron chi connectivity index (χ1n) is 7.86. The van der Waals surface area contributed by atoms with Crippen LogP contribution in [0.5, 0.6) is 5.75 Å². The molecule has 1 aromatic carbocycles. The molecule has 2 aromatic rings. The van der Waals surface area contributed by atoms with E-state index in [9.17, 15) is 9.59 Å². The van der Waals surface area contributed by atoms with Crippen LogP contribution in [-0.4, -0.2) is 24.6 Å². The Hall–Kier alpha value is -2.34. The highest BCUT2D eigenvalue weighted by Gasteiger charge is 2.26. The number of hydrogen-bond donors (Lipinski definition) is 1. The van der Waals surface area contributed by atoms with Crippen molar-refractivity contribution < 1.29 is 19.1 Å². The Morgan fingerprint density at radius 1 is 1.38 bits per heavy atom. The van der Waals surface area contributed by atoms with E-state index in [1.54, 1.807) is 6.92 Å². The van der Waals surface area contributed by atoms with Crippen molar-refractivity contribution in [2.24, 2.45) is 0 Å². The summed E-state index contributed by atoms with van der Waals surface area (Å²) in [6.45, 7) is 2.14. The van der Waals surface area contributed by atoms with Crippen LogP contribution in [0.15, 0.2) is 41.1 Å². The molecule has 1 aromatic heterocycles. The van der Waals surface area contributed by atoms with Crippen LogP contribution in [0.4, 0.5) is 0 Å². The van der Waals surface area contributed by atoms with Crippen molar-refractivity contribution in [2.45, 2.75) is 31.9 Å². The maximum absolute atomic E-state index is 12.3. The first-order chi connectivity index (χ1) is 11.6. The minimum atomic E-state index is -0.828. The van der Waals surface area contributed by atoms with Gasteiger partial charge in [0.05, 0.1) is 19.1 Å². The molecule has 0 aliphatic carbocycles. The summed E-state index contributed by atoms with van der Waals surface area (Å²) < 4.78 is 10.8. The molecule has 2 heterocycles. The van der Waals surface area contributed by atoms with E-state index in [0.29, 0.717) is 13.0 Å². The summed E-state index contributed by atoms with van der Waals surface area (Å²) in [6, 6.07) is 9.38. The van der Waals surface area contributed by atoms with E-state index in [1.807, 2.05) is 41.1 Å². The number of hydrogen-bond acceptors (Lipinski definition) is 5. The van der Waals surface area contributed by atoms with Gasteiger partial charge in [0.25, 0.3) is 5.91 Å². The van der Waals surface area contributed by atoms with E-state index < -0.39 is 12.1 Å². The van der Waals surface area contributed by atoms with Gasteiger partial charge in [0, 0.05) is 12.0 Å². The first-order valence-corrected chi connectivity index (χ1v) is 8.80. The third-order valence-corrected chi connectivity index (χ3v) is 4.61. The Labute approximate surface area is 144 Å². The fourth-order valence-corrected chi connectivity index (χ4v) is 3.30. The SMILES string of the molecule is CC(OC(=O)Cc1ccsc1)C(=O)NC1CCOc2ccccc21. The number of carbonyl (C=O) groups is 2. The van der Waals surface area contributed by atoms with E-state index in [1.165, 1.54) is 11.3 Å². The molecule has 5 nitrogen and oxygen atoms in total. The summed E-state index contributed by atoms with van der Waals surface area (Å²) in [5, 5.41) is 6.74. The Morgan fingerprint density at radius 3 is 3.00 bits per heavy atom. The van der Waals surface area contributed by atoms with Gasteiger partial charge in [-0.3, -0.25) is 9.59 Å². The maximum atomic E-state index is 12.3. The lowest BCUT2D eigenvalue weighted by Gasteiger charge is -2.27. The van der Waals surface area contributed by atoms with Crippen LogP contribution >= 0.6 is 11.3 Å². The van der Waals surface area contributed by atoms with Crippen molar-refractivity contribution in [3.05, 3.63) is 52.2 Å². The van der Waals surface area contributed by atoms with Crippen LogP contribution in [0.3, 0.4) is 0 Å².